The van der Waals surface area contributed by atoms with Crippen molar-refractivity contribution in [1.29, 1.82) is 0 Å². The molecule has 0 atom stereocenters. The summed E-state index contributed by atoms with van der Waals surface area (Å²) in [5.41, 5.74) is -10.6. The number of benzene rings is 1. The maximum absolute atomic E-state index is 15.4. The molecule has 27 heteroatoms. The van der Waals surface area contributed by atoms with Crippen molar-refractivity contribution in [2.45, 2.75) is 67.4 Å². The van der Waals surface area contributed by atoms with Crippen LogP contribution in [0.3, 0.4) is 0 Å². The second-order valence-electron chi connectivity index (χ2n) is 9.10. The monoisotopic (exact) mass is 757 g/mol. The number of hydrogen-bond acceptors (Lipinski definition) is 7. The molecule has 0 spiro atoms. The number of alkyl halides is 19. The van der Waals surface area contributed by atoms with E-state index in [1.54, 1.807) is 0 Å². The average molecular weight is 757 g/mol. The molecule has 0 saturated carbocycles. The summed E-state index contributed by atoms with van der Waals surface area (Å²) >= 11 is 0. The molecule has 0 heterocycles. The number of amides is 1. The van der Waals surface area contributed by atoms with E-state index in [-0.39, 0.29) is 6.07 Å². The van der Waals surface area contributed by atoms with Crippen molar-refractivity contribution in [2.75, 3.05) is 6.73 Å². The van der Waals surface area contributed by atoms with Crippen LogP contribution in [0.2, 0.25) is 0 Å². The molecule has 0 aliphatic carbocycles. The van der Waals surface area contributed by atoms with E-state index in [4.69, 9.17) is 0 Å². The summed E-state index contributed by atoms with van der Waals surface area (Å²) < 4.78 is 268. The third-order valence-corrected chi connectivity index (χ3v) is 5.96. The molecule has 8 nitrogen and oxygen atoms in total. The van der Waals surface area contributed by atoms with Gasteiger partial charge in [0.25, 0.3) is 5.91 Å². The van der Waals surface area contributed by atoms with Crippen LogP contribution in [-0.4, -0.2) is 78.4 Å². The summed E-state index contributed by atoms with van der Waals surface area (Å²) in [5.74, 6) is -73.7. The van der Waals surface area contributed by atoms with Gasteiger partial charge in [-0.15, -0.1) is 0 Å². The molecule has 0 aromatic heterocycles. The van der Waals surface area contributed by atoms with Gasteiger partial charge < -0.3 is 10.1 Å². The fourth-order valence-electron chi connectivity index (χ4n) is 3.46. The highest BCUT2D eigenvalue weighted by atomic mass is 19.4. The number of carbonyl (C=O) groups excluding carboxylic acids is 4. The van der Waals surface area contributed by atoms with E-state index in [0.717, 1.165) is 0 Å². The minimum atomic E-state index is -9.23. The van der Waals surface area contributed by atoms with Crippen LogP contribution in [-0.2, 0) is 25.0 Å². The van der Waals surface area contributed by atoms with Crippen molar-refractivity contribution in [3.63, 3.8) is 0 Å². The largest absolute Gasteiger partial charge is 0.460 e. The molecule has 0 aliphatic heterocycles. The number of halogens is 19. The standard InChI is InChI=1S/C22H10F19N3O5/c1-7-3-9(42-4-45)11(10(12(7)43-5-46)13(48)44-6-49-8(2)47)14(23,24)15(25,26)16(27,28)17(29,30)18(31,32)19(33,34)20(35,36)21(37,38)22(39,40)41/h3H,6H2,1-2H3,(H,44,48). The van der Waals surface area contributed by atoms with Crippen molar-refractivity contribution in [3.05, 3.63) is 22.8 Å². The van der Waals surface area contributed by atoms with Crippen LogP contribution in [0.4, 0.5) is 94.8 Å². The molecule has 1 aromatic carbocycles. The zero-order valence-corrected chi connectivity index (χ0v) is 22.9. The molecule has 0 unspecified atom stereocenters. The first kappa shape index (κ1) is 42.6. The van der Waals surface area contributed by atoms with E-state index in [9.17, 15) is 93.8 Å². The molecule has 0 bridgehead atoms. The average Bonchev–Trinajstić information content (AvgIpc) is 2.92. The summed E-state index contributed by atoms with van der Waals surface area (Å²) in [5, 5.41) is 1.25. The number of hydrogen-bond donors (Lipinski definition) is 1. The number of nitrogens with one attached hydrogen (secondary N) is 1. The van der Waals surface area contributed by atoms with E-state index < -0.39 is 100 Å². The number of carbonyl (C=O) groups is 2. The lowest BCUT2D eigenvalue weighted by Crippen LogP contribution is -2.75. The Hall–Kier alpha value is -4.41. The van der Waals surface area contributed by atoms with Crippen molar-refractivity contribution < 1.29 is 107 Å². The molecular weight excluding hydrogens is 747 g/mol. The third-order valence-electron chi connectivity index (χ3n) is 5.96. The Morgan fingerprint density at radius 1 is 0.673 bits per heavy atom. The van der Waals surface area contributed by atoms with Gasteiger partial charge in [0.1, 0.15) is 0 Å². The Morgan fingerprint density at radius 3 is 1.43 bits per heavy atom. The Morgan fingerprint density at radius 2 is 1.06 bits per heavy atom. The van der Waals surface area contributed by atoms with Gasteiger partial charge in [-0.05, 0) is 18.6 Å². The normalized spacial score (nSPS) is 14.1. The SMILES string of the molecule is CC(=O)OCNC(=O)c1c(N=C=O)c(C)cc(N=C=O)c1C(F)(F)C(F)(F)C(F)(F)C(F)(F)C(F)(F)C(F)(F)C(F)(F)C(F)(F)C(F)(F)F. The highest BCUT2D eigenvalue weighted by molar-refractivity contribution is 6.03. The fraction of sp³-hybridized carbons (Fsp3) is 0.545. The van der Waals surface area contributed by atoms with Crippen LogP contribution in [0.5, 0.6) is 0 Å². The molecule has 276 valence electrons. The molecule has 1 N–H and O–H groups in total. The lowest BCUT2D eigenvalue weighted by molar-refractivity contribution is -0.469. The zero-order chi connectivity index (χ0) is 39.2. The Kier molecular flexibility index (Phi) is 11.1. The second kappa shape index (κ2) is 12.8. The molecule has 49 heavy (non-hydrogen) atoms. The van der Waals surface area contributed by atoms with E-state index in [1.165, 1.54) is 5.32 Å². The van der Waals surface area contributed by atoms with Gasteiger partial charge in [-0.3, -0.25) is 9.59 Å². The van der Waals surface area contributed by atoms with Crippen molar-refractivity contribution >= 4 is 35.4 Å². The second-order valence-corrected chi connectivity index (χ2v) is 9.10. The Balaban J connectivity index is 4.28. The van der Waals surface area contributed by atoms with Crippen LogP contribution in [0.25, 0.3) is 0 Å². The van der Waals surface area contributed by atoms with Gasteiger partial charge in [-0.2, -0.15) is 93.4 Å². The lowest BCUT2D eigenvalue weighted by Gasteiger charge is -2.44. The molecule has 0 radical (unpaired) electrons. The number of aryl methyl sites for hydroxylation is 1. The molecule has 0 aliphatic rings. The quantitative estimate of drug-likeness (QED) is 0.0748. The highest BCUT2D eigenvalue weighted by Gasteiger charge is 2.96. The summed E-state index contributed by atoms with van der Waals surface area (Å²) in [6, 6.07) is -0.151. The zero-order valence-electron chi connectivity index (χ0n) is 22.9. The minimum absolute atomic E-state index is 0.151. The Labute approximate surface area is 256 Å². The van der Waals surface area contributed by atoms with E-state index >= 15 is 8.78 Å². The first-order chi connectivity index (χ1) is 21.6. The summed E-state index contributed by atoms with van der Waals surface area (Å²) in [6.45, 7) is -0.281. The number of isocyanates is 2. The van der Waals surface area contributed by atoms with Crippen molar-refractivity contribution in [1.82, 2.24) is 5.32 Å². The van der Waals surface area contributed by atoms with Crippen LogP contribution >= 0.6 is 0 Å². The van der Waals surface area contributed by atoms with Crippen LogP contribution < -0.4 is 5.32 Å². The number of rotatable bonds is 13. The maximum Gasteiger partial charge on any atom is 0.460 e. The Bertz CT molecular complexity index is 1580. The van der Waals surface area contributed by atoms with Crippen LogP contribution in [0, 0.1) is 6.92 Å². The summed E-state index contributed by atoms with van der Waals surface area (Å²) in [4.78, 5) is 50.0. The van der Waals surface area contributed by atoms with Crippen LogP contribution in [0.15, 0.2) is 16.1 Å². The van der Waals surface area contributed by atoms with E-state index in [0.29, 0.717) is 26.0 Å². The number of nitrogens with zero attached hydrogens (tertiary/aromatic N) is 2. The third kappa shape index (κ3) is 6.28. The molecular formula is C22H10F19N3O5. The highest BCUT2D eigenvalue weighted by Crippen LogP contribution is 2.66. The fourth-order valence-corrected chi connectivity index (χ4v) is 3.46. The predicted octanol–water partition coefficient (Wildman–Crippen LogP) is 7.28. The topological polar surface area (TPSA) is 114 Å². The van der Waals surface area contributed by atoms with Gasteiger partial charge in [0, 0.05) is 6.92 Å². The first-order valence-electron chi connectivity index (χ1n) is 11.5. The number of ether oxygens (including phenoxy) is 1. The van der Waals surface area contributed by atoms with E-state index in [2.05, 4.69) is 14.7 Å². The van der Waals surface area contributed by atoms with Gasteiger partial charge in [0.2, 0.25) is 12.2 Å². The predicted molar refractivity (Wildman–Crippen MR) is 115 cm³/mol. The molecule has 1 rings (SSSR count). The lowest BCUT2D eigenvalue weighted by atomic mass is 9.84. The smallest absolute Gasteiger partial charge is 0.445 e. The molecule has 0 fully saturated rings. The van der Waals surface area contributed by atoms with Gasteiger partial charge in [-0.1, -0.05) is 0 Å². The number of esters is 1. The van der Waals surface area contributed by atoms with Gasteiger partial charge in [-0.25, -0.2) is 9.59 Å². The van der Waals surface area contributed by atoms with Crippen LogP contribution in [0.1, 0.15) is 28.4 Å². The van der Waals surface area contributed by atoms with Gasteiger partial charge in [0.05, 0.1) is 22.5 Å². The van der Waals surface area contributed by atoms with Crippen molar-refractivity contribution in [3.8, 4) is 0 Å². The maximum atomic E-state index is 15.4. The summed E-state index contributed by atoms with van der Waals surface area (Å²) in [7, 11) is 0. The van der Waals surface area contributed by atoms with E-state index in [1.807, 2.05) is 0 Å². The van der Waals surface area contributed by atoms with Gasteiger partial charge in [0.15, 0.2) is 6.73 Å². The molecule has 1 aromatic rings. The molecule has 1 amide bonds. The first-order valence-corrected chi connectivity index (χ1v) is 11.5. The number of aliphatic imine (C=N–C) groups is 2. The van der Waals surface area contributed by atoms with Crippen molar-refractivity contribution in [2.24, 2.45) is 9.98 Å². The van der Waals surface area contributed by atoms with Gasteiger partial charge >= 0.3 is 59.5 Å². The summed E-state index contributed by atoms with van der Waals surface area (Å²) in [6.07, 6.45) is -7.26. The molecule has 0 saturated heterocycles. The minimum Gasteiger partial charge on any atom is -0.445 e.